The maximum atomic E-state index is 5.69. The second kappa shape index (κ2) is 5.54. The topological polar surface area (TPSA) is 61.0 Å². The molecule has 4 nitrogen and oxygen atoms in total. The Labute approximate surface area is 127 Å². The van der Waals surface area contributed by atoms with Gasteiger partial charge in [-0.05, 0) is 43.3 Å². The number of methoxy groups -OCH3 is 1. The third-order valence-corrected chi connectivity index (χ3v) is 3.94. The van der Waals surface area contributed by atoms with Gasteiger partial charge in [0.2, 0.25) is 0 Å². The maximum Gasteiger partial charge on any atom is 0.180 e. The van der Waals surface area contributed by atoms with Gasteiger partial charge in [-0.15, -0.1) is 11.3 Å². The zero-order valence-electron chi connectivity index (χ0n) is 11.8. The van der Waals surface area contributed by atoms with Crippen molar-refractivity contribution in [3.8, 4) is 28.3 Å². The summed E-state index contributed by atoms with van der Waals surface area (Å²) < 4.78 is 5.17. The second-order valence-electron chi connectivity index (χ2n) is 4.63. The van der Waals surface area contributed by atoms with E-state index in [4.69, 9.17) is 10.5 Å². The Hall–Kier alpha value is -2.40. The molecule has 2 heterocycles. The maximum absolute atomic E-state index is 5.69. The first-order chi connectivity index (χ1) is 10.2. The number of thiazole rings is 1. The van der Waals surface area contributed by atoms with E-state index < -0.39 is 0 Å². The fourth-order valence-electron chi connectivity index (χ4n) is 2.17. The van der Waals surface area contributed by atoms with E-state index >= 15 is 0 Å². The number of aromatic nitrogens is 2. The van der Waals surface area contributed by atoms with E-state index in [1.54, 1.807) is 7.11 Å². The molecule has 0 unspecified atom stereocenters. The first-order valence-corrected chi connectivity index (χ1v) is 7.39. The fourth-order valence-corrected chi connectivity index (χ4v) is 2.73. The number of hydrogen-bond donors (Lipinski definition) is 1. The molecule has 0 spiro atoms. The van der Waals surface area contributed by atoms with Gasteiger partial charge in [0.25, 0.3) is 0 Å². The van der Waals surface area contributed by atoms with Crippen LogP contribution in [0.25, 0.3) is 22.5 Å². The predicted molar refractivity (Wildman–Crippen MR) is 86.5 cm³/mol. The molecule has 0 aliphatic rings. The van der Waals surface area contributed by atoms with Gasteiger partial charge in [-0.2, -0.15) is 0 Å². The van der Waals surface area contributed by atoms with E-state index in [0.717, 1.165) is 34.0 Å². The molecule has 2 aromatic heterocycles. The molecule has 0 fully saturated rings. The molecule has 5 heteroatoms. The second-order valence-corrected chi connectivity index (χ2v) is 5.52. The van der Waals surface area contributed by atoms with Crippen molar-refractivity contribution >= 4 is 16.5 Å². The van der Waals surface area contributed by atoms with Crippen molar-refractivity contribution in [1.82, 2.24) is 9.97 Å². The van der Waals surface area contributed by atoms with E-state index in [-0.39, 0.29) is 0 Å². The van der Waals surface area contributed by atoms with Gasteiger partial charge >= 0.3 is 0 Å². The van der Waals surface area contributed by atoms with Gasteiger partial charge in [-0.3, -0.25) is 4.98 Å². The van der Waals surface area contributed by atoms with E-state index in [9.17, 15) is 0 Å². The van der Waals surface area contributed by atoms with E-state index in [2.05, 4.69) is 9.97 Å². The molecule has 0 radical (unpaired) electrons. The number of ether oxygens (including phenoxy) is 1. The fraction of sp³-hybridized carbons (Fsp3) is 0.125. The number of anilines is 1. The third-order valence-electron chi connectivity index (χ3n) is 3.27. The van der Waals surface area contributed by atoms with E-state index in [1.165, 1.54) is 11.3 Å². The van der Waals surface area contributed by atoms with Crippen LogP contribution in [0.4, 0.5) is 5.13 Å². The minimum absolute atomic E-state index is 0.573. The van der Waals surface area contributed by atoms with Crippen LogP contribution < -0.4 is 10.5 Å². The van der Waals surface area contributed by atoms with Crippen LogP contribution >= 0.6 is 11.3 Å². The largest absolute Gasteiger partial charge is 0.497 e. The summed E-state index contributed by atoms with van der Waals surface area (Å²) in [5.41, 5.74) is 10.5. The number of nitrogens with two attached hydrogens (primary N) is 1. The zero-order valence-corrected chi connectivity index (χ0v) is 12.6. The lowest BCUT2D eigenvalue weighted by Crippen LogP contribution is -1.92. The molecular weight excluding hydrogens is 282 g/mol. The normalized spacial score (nSPS) is 10.6. The van der Waals surface area contributed by atoms with Crippen LogP contribution in [0.15, 0.2) is 41.8 Å². The van der Waals surface area contributed by atoms with Gasteiger partial charge in [0, 0.05) is 22.2 Å². The number of nitrogens with zero attached hydrogens (tertiary/aromatic N) is 2. The monoisotopic (exact) mass is 297 g/mol. The van der Waals surface area contributed by atoms with Crippen LogP contribution in [0.3, 0.4) is 0 Å². The van der Waals surface area contributed by atoms with Crippen molar-refractivity contribution in [2.45, 2.75) is 6.92 Å². The van der Waals surface area contributed by atoms with Crippen molar-refractivity contribution in [1.29, 1.82) is 0 Å². The summed E-state index contributed by atoms with van der Waals surface area (Å²) in [6.07, 6.45) is 0. The average Bonchev–Trinajstić information content (AvgIpc) is 2.93. The highest BCUT2D eigenvalue weighted by Gasteiger charge is 2.09. The number of aryl methyl sites for hydroxylation is 1. The van der Waals surface area contributed by atoms with Gasteiger partial charge in [0.05, 0.1) is 18.5 Å². The molecule has 2 N–H and O–H groups in total. The van der Waals surface area contributed by atoms with Crippen LogP contribution in [-0.2, 0) is 0 Å². The summed E-state index contributed by atoms with van der Waals surface area (Å²) in [4.78, 5) is 8.97. The predicted octanol–water partition coefficient (Wildman–Crippen LogP) is 3.77. The molecule has 0 saturated heterocycles. The van der Waals surface area contributed by atoms with E-state index in [0.29, 0.717) is 5.13 Å². The molecule has 0 bridgehead atoms. The van der Waals surface area contributed by atoms with Crippen LogP contribution in [0, 0.1) is 6.92 Å². The van der Waals surface area contributed by atoms with Gasteiger partial charge in [-0.25, -0.2) is 4.98 Å². The number of rotatable bonds is 3. The average molecular weight is 297 g/mol. The summed E-state index contributed by atoms with van der Waals surface area (Å²) >= 11 is 1.44. The summed E-state index contributed by atoms with van der Waals surface area (Å²) in [6.45, 7) is 1.98. The number of pyridine rings is 1. The van der Waals surface area contributed by atoms with Gasteiger partial charge < -0.3 is 10.5 Å². The SMILES string of the molecule is COc1ccc(-c2ccc(-c3csc(N)n3)c(C)n2)cc1. The van der Waals surface area contributed by atoms with Gasteiger partial charge in [0.15, 0.2) is 5.13 Å². The van der Waals surface area contributed by atoms with Crippen molar-refractivity contribution in [2.24, 2.45) is 0 Å². The Morgan fingerprint density at radius 3 is 2.33 bits per heavy atom. The third kappa shape index (κ3) is 2.73. The molecule has 0 amide bonds. The Morgan fingerprint density at radius 2 is 1.76 bits per heavy atom. The molecule has 21 heavy (non-hydrogen) atoms. The van der Waals surface area contributed by atoms with Gasteiger partial charge in [-0.1, -0.05) is 0 Å². The van der Waals surface area contributed by atoms with Crippen molar-refractivity contribution in [3.05, 3.63) is 47.5 Å². The highest BCUT2D eigenvalue weighted by molar-refractivity contribution is 7.13. The number of hydrogen-bond acceptors (Lipinski definition) is 5. The lowest BCUT2D eigenvalue weighted by atomic mass is 10.1. The smallest absolute Gasteiger partial charge is 0.180 e. The van der Waals surface area contributed by atoms with Crippen molar-refractivity contribution in [3.63, 3.8) is 0 Å². The zero-order chi connectivity index (χ0) is 14.8. The van der Waals surface area contributed by atoms with Crippen molar-refractivity contribution in [2.75, 3.05) is 12.8 Å². The molecule has 0 saturated carbocycles. The molecule has 0 aliphatic carbocycles. The standard InChI is InChI=1S/C16H15N3OS/c1-10-13(15-9-21-16(17)19-15)7-8-14(18-10)11-3-5-12(20-2)6-4-11/h3-9H,1-2H3,(H2,17,19). The van der Waals surface area contributed by atoms with Crippen LogP contribution in [-0.4, -0.2) is 17.1 Å². The van der Waals surface area contributed by atoms with E-state index in [1.807, 2.05) is 48.7 Å². The molecular formula is C16H15N3OS. The van der Waals surface area contributed by atoms with Crippen molar-refractivity contribution < 1.29 is 4.74 Å². The molecule has 106 valence electrons. The Morgan fingerprint density at radius 1 is 1.00 bits per heavy atom. The lowest BCUT2D eigenvalue weighted by Gasteiger charge is -2.07. The number of benzene rings is 1. The minimum atomic E-state index is 0.573. The Balaban J connectivity index is 1.96. The summed E-state index contributed by atoms with van der Waals surface area (Å²) in [5, 5.41) is 2.52. The van der Waals surface area contributed by atoms with Crippen LogP contribution in [0.5, 0.6) is 5.75 Å². The quantitative estimate of drug-likeness (QED) is 0.799. The Bertz CT molecular complexity index is 765. The molecule has 3 rings (SSSR count). The van der Waals surface area contributed by atoms with Crippen LogP contribution in [0.1, 0.15) is 5.69 Å². The summed E-state index contributed by atoms with van der Waals surface area (Å²) in [7, 11) is 1.66. The first-order valence-electron chi connectivity index (χ1n) is 6.51. The summed E-state index contributed by atoms with van der Waals surface area (Å²) in [5.74, 6) is 0.838. The molecule has 0 aliphatic heterocycles. The molecule has 3 aromatic rings. The van der Waals surface area contributed by atoms with Crippen LogP contribution in [0.2, 0.25) is 0 Å². The first kappa shape index (κ1) is 13.6. The lowest BCUT2D eigenvalue weighted by molar-refractivity contribution is 0.415. The summed E-state index contributed by atoms with van der Waals surface area (Å²) in [6, 6.07) is 11.9. The Kier molecular flexibility index (Phi) is 3.58. The molecule has 1 aromatic carbocycles. The number of nitrogen functional groups attached to an aromatic ring is 1. The van der Waals surface area contributed by atoms with Gasteiger partial charge in [0.1, 0.15) is 5.75 Å². The minimum Gasteiger partial charge on any atom is -0.497 e. The highest BCUT2D eigenvalue weighted by atomic mass is 32.1. The highest BCUT2D eigenvalue weighted by Crippen LogP contribution is 2.28. The molecule has 0 atom stereocenters.